The van der Waals surface area contributed by atoms with Crippen molar-refractivity contribution in [3.8, 4) is 22.4 Å². The molecule has 0 saturated carbocycles. The number of hydrogen-bond donors (Lipinski definition) is 0. The van der Waals surface area contributed by atoms with E-state index in [9.17, 15) is 0 Å². The molecular formula is C18H9B5ClN. The summed E-state index contributed by atoms with van der Waals surface area (Å²) in [5, 5.41) is 0.672. The highest BCUT2D eigenvalue weighted by Gasteiger charge is 2.14. The van der Waals surface area contributed by atoms with E-state index in [2.05, 4.69) is 4.98 Å². The summed E-state index contributed by atoms with van der Waals surface area (Å²) in [7, 11) is 30.0. The Balaban J connectivity index is 2.16. The number of rotatable bonds is 2. The van der Waals surface area contributed by atoms with Crippen LogP contribution in [0.1, 0.15) is 5.56 Å². The van der Waals surface area contributed by atoms with Crippen LogP contribution in [0.4, 0.5) is 0 Å². The highest BCUT2D eigenvalue weighted by atomic mass is 35.5. The monoisotopic (exact) mass is 329 g/mol. The van der Waals surface area contributed by atoms with E-state index in [0.717, 1.165) is 22.4 Å². The lowest BCUT2D eigenvalue weighted by atomic mass is 9.59. The molecule has 2 aromatic carbocycles. The molecule has 0 aliphatic rings. The van der Waals surface area contributed by atoms with Gasteiger partial charge in [-0.3, -0.25) is 4.98 Å². The molecule has 3 aromatic rings. The van der Waals surface area contributed by atoms with Crippen molar-refractivity contribution in [2.75, 3.05) is 0 Å². The third-order valence-electron chi connectivity index (χ3n) is 4.22. The molecule has 0 saturated heterocycles. The Kier molecular flexibility index (Phi) is 4.93. The minimum atomic E-state index is 0.196. The van der Waals surface area contributed by atoms with Gasteiger partial charge in [-0.25, -0.2) is 0 Å². The summed E-state index contributed by atoms with van der Waals surface area (Å²) < 4.78 is 0. The summed E-state index contributed by atoms with van der Waals surface area (Å²) in [5.41, 5.74) is 5.25. The van der Waals surface area contributed by atoms with Gasteiger partial charge in [0.05, 0.1) is 5.69 Å². The minimum absolute atomic E-state index is 0.196. The largest absolute Gasteiger partial charge is 0.256 e. The second kappa shape index (κ2) is 6.84. The summed E-state index contributed by atoms with van der Waals surface area (Å²) in [4.78, 5) is 4.51. The minimum Gasteiger partial charge on any atom is -0.256 e. The molecule has 1 aromatic heterocycles. The molecule has 108 valence electrons. The first-order chi connectivity index (χ1) is 11.8. The Hall–Kier alpha value is -1.80. The molecule has 0 spiro atoms. The first kappa shape index (κ1) is 18.0. The van der Waals surface area contributed by atoms with Crippen molar-refractivity contribution in [3.63, 3.8) is 0 Å². The van der Waals surface area contributed by atoms with Gasteiger partial charge in [0, 0.05) is 22.3 Å². The van der Waals surface area contributed by atoms with Gasteiger partial charge in [0.25, 0.3) is 0 Å². The molecule has 0 aliphatic heterocycles. The highest BCUT2D eigenvalue weighted by molar-refractivity contribution is 6.68. The van der Waals surface area contributed by atoms with Gasteiger partial charge in [0.1, 0.15) is 39.2 Å². The van der Waals surface area contributed by atoms with Crippen molar-refractivity contribution in [3.05, 3.63) is 47.1 Å². The number of pyridine rings is 1. The van der Waals surface area contributed by atoms with E-state index in [0.29, 0.717) is 21.5 Å². The van der Waals surface area contributed by atoms with Gasteiger partial charge in [-0.05, 0) is 36.2 Å². The van der Waals surface area contributed by atoms with Crippen LogP contribution >= 0.6 is 11.6 Å². The Morgan fingerprint density at radius 1 is 0.800 bits per heavy atom. The molecule has 0 N–H and O–H groups in total. The van der Waals surface area contributed by atoms with E-state index in [-0.39, 0.29) is 16.4 Å². The number of benzene rings is 2. The van der Waals surface area contributed by atoms with Crippen LogP contribution in [0.25, 0.3) is 22.4 Å². The highest BCUT2D eigenvalue weighted by Crippen LogP contribution is 2.25. The van der Waals surface area contributed by atoms with E-state index >= 15 is 0 Å². The fourth-order valence-electron chi connectivity index (χ4n) is 2.74. The molecule has 25 heavy (non-hydrogen) atoms. The summed E-state index contributed by atoms with van der Waals surface area (Å²) >= 11 is 5.93. The van der Waals surface area contributed by atoms with E-state index in [1.54, 1.807) is 6.20 Å². The maximum Gasteiger partial charge on any atom is 0.113 e. The Morgan fingerprint density at radius 2 is 1.32 bits per heavy atom. The number of aryl methyl sites for hydroxylation is 1. The van der Waals surface area contributed by atoms with Crippen LogP contribution in [0.3, 0.4) is 0 Å². The first-order valence-electron chi connectivity index (χ1n) is 7.55. The molecule has 1 nitrogen and oxygen atoms in total. The average molecular weight is 329 g/mol. The molecule has 10 radical (unpaired) electrons. The third kappa shape index (κ3) is 3.20. The van der Waals surface area contributed by atoms with Crippen molar-refractivity contribution in [2.24, 2.45) is 0 Å². The summed E-state index contributed by atoms with van der Waals surface area (Å²) in [6.45, 7) is 1.94. The standard InChI is InChI=1S/C18H9B5ClN/c1-8-6-12(9-2-4-10(24)5-3-9)25-7-11(8)13-14(19)16(21)18(23)17(22)15(13)20/h2-7H,1H3. The van der Waals surface area contributed by atoms with E-state index in [1.807, 2.05) is 37.3 Å². The maximum atomic E-state index is 6.14. The fourth-order valence-corrected chi connectivity index (χ4v) is 2.86. The summed E-state index contributed by atoms with van der Waals surface area (Å²) in [6, 6.07) is 9.40. The number of hydrogen-bond acceptors (Lipinski definition) is 1. The zero-order chi connectivity index (χ0) is 18.3. The van der Waals surface area contributed by atoms with Gasteiger partial charge in [-0.1, -0.05) is 34.7 Å². The Labute approximate surface area is 159 Å². The number of aromatic nitrogens is 1. The van der Waals surface area contributed by atoms with Crippen molar-refractivity contribution in [1.82, 2.24) is 4.98 Å². The van der Waals surface area contributed by atoms with Gasteiger partial charge < -0.3 is 0 Å². The molecular weight excluding hydrogens is 320 g/mol. The third-order valence-corrected chi connectivity index (χ3v) is 4.47. The number of halogens is 1. The topological polar surface area (TPSA) is 12.9 Å². The second-order valence-electron chi connectivity index (χ2n) is 5.83. The van der Waals surface area contributed by atoms with Gasteiger partial charge in [-0.15, -0.1) is 16.4 Å². The second-order valence-corrected chi connectivity index (χ2v) is 6.27. The van der Waals surface area contributed by atoms with Crippen molar-refractivity contribution < 1.29 is 0 Å². The van der Waals surface area contributed by atoms with Gasteiger partial charge >= 0.3 is 0 Å². The van der Waals surface area contributed by atoms with Crippen LogP contribution in [0, 0.1) is 6.92 Å². The van der Waals surface area contributed by atoms with E-state index in [1.165, 1.54) is 0 Å². The molecule has 0 bridgehead atoms. The quantitative estimate of drug-likeness (QED) is 0.570. The molecule has 0 amide bonds. The van der Waals surface area contributed by atoms with Crippen LogP contribution in [0.2, 0.25) is 5.02 Å². The van der Waals surface area contributed by atoms with Crippen LogP contribution < -0.4 is 27.3 Å². The lowest BCUT2D eigenvalue weighted by molar-refractivity contribution is 1.29. The van der Waals surface area contributed by atoms with Gasteiger partial charge in [0.15, 0.2) is 0 Å². The fraction of sp³-hybridized carbons (Fsp3) is 0.0556. The van der Waals surface area contributed by atoms with Crippen LogP contribution in [0.5, 0.6) is 0 Å². The predicted molar refractivity (Wildman–Crippen MR) is 112 cm³/mol. The number of nitrogens with zero attached hydrogens (tertiary/aromatic N) is 1. The van der Waals surface area contributed by atoms with Gasteiger partial charge in [-0.2, -0.15) is 0 Å². The predicted octanol–water partition coefficient (Wildman–Crippen LogP) is -0.654. The molecule has 0 atom stereocenters. The van der Waals surface area contributed by atoms with Crippen molar-refractivity contribution in [1.29, 1.82) is 0 Å². The lowest BCUT2D eigenvalue weighted by Crippen LogP contribution is -2.55. The summed E-state index contributed by atoms with van der Waals surface area (Å²) in [5.74, 6) is 0. The lowest BCUT2D eigenvalue weighted by Gasteiger charge is -2.22. The Bertz CT molecular complexity index is 941. The molecule has 0 unspecified atom stereocenters. The maximum absolute atomic E-state index is 6.14. The Morgan fingerprint density at radius 3 is 1.84 bits per heavy atom. The molecule has 7 heteroatoms. The smallest absolute Gasteiger partial charge is 0.113 e. The first-order valence-corrected chi connectivity index (χ1v) is 7.93. The molecule has 3 rings (SSSR count). The SMILES string of the molecule is [B]c1c([B])c([B])c(-c2cnc(-c3ccc(Cl)cc3)cc2C)c([B])c1[B]. The summed E-state index contributed by atoms with van der Waals surface area (Å²) in [6.07, 6.45) is 1.70. The van der Waals surface area contributed by atoms with Crippen molar-refractivity contribution in [2.45, 2.75) is 6.92 Å². The van der Waals surface area contributed by atoms with E-state index < -0.39 is 0 Å². The van der Waals surface area contributed by atoms with Crippen molar-refractivity contribution >= 4 is 78.1 Å². The van der Waals surface area contributed by atoms with Crippen LogP contribution in [0.15, 0.2) is 36.5 Å². The zero-order valence-corrected chi connectivity index (χ0v) is 14.4. The molecule has 1 heterocycles. The zero-order valence-electron chi connectivity index (χ0n) is 13.7. The van der Waals surface area contributed by atoms with Crippen LogP contribution in [-0.4, -0.2) is 44.2 Å². The van der Waals surface area contributed by atoms with E-state index in [4.69, 9.17) is 50.8 Å². The normalized spacial score (nSPS) is 10.8. The average Bonchev–Trinajstić information content (AvgIpc) is 2.60. The van der Waals surface area contributed by atoms with Crippen LogP contribution in [-0.2, 0) is 0 Å². The molecule has 0 aliphatic carbocycles. The molecule has 0 fully saturated rings. The van der Waals surface area contributed by atoms with Gasteiger partial charge in [0.2, 0.25) is 0 Å².